The summed E-state index contributed by atoms with van der Waals surface area (Å²) < 4.78 is 0. The van der Waals surface area contributed by atoms with E-state index in [1.165, 1.54) is 30.4 Å². The largest absolute Gasteiger partial charge is 0.0776 e. The maximum absolute atomic E-state index is 2.43. The predicted octanol–water partition coefficient (Wildman–Crippen LogP) is 6.46. The van der Waals surface area contributed by atoms with Gasteiger partial charge in [-0.1, -0.05) is 88.9 Å². The summed E-state index contributed by atoms with van der Waals surface area (Å²) in [4.78, 5) is 0. The van der Waals surface area contributed by atoms with Crippen LogP contribution >= 0.6 is 0 Å². The minimum Gasteiger partial charge on any atom is -0.0776 e. The molecule has 2 aromatic rings. The average molecular weight is 294 g/mol. The first-order valence-corrected chi connectivity index (χ1v) is 8.13. The molecule has 0 aromatic heterocycles. The fourth-order valence-electron chi connectivity index (χ4n) is 4.69. The number of hydrogen-bond donors (Lipinski definition) is 0. The standard InChI is InChI=1S/C21H26.CH4/c1-17-14-20(2,3)16-21(15-17,18-10-6-4-7-11-18)19-12-8-5-9-13-19;/h4-13,17H,14-16H2,1-3H3;1H4. The van der Waals surface area contributed by atoms with Gasteiger partial charge in [0.2, 0.25) is 0 Å². The molecule has 22 heavy (non-hydrogen) atoms. The molecule has 0 heteroatoms. The van der Waals surface area contributed by atoms with Gasteiger partial charge in [0.05, 0.1) is 0 Å². The van der Waals surface area contributed by atoms with Crippen molar-refractivity contribution in [2.45, 2.75) is 52.9 Å². The van der Waals surface area contributed by atoms with Gasteiger partial charge in [-0.2, -0.15) is 0 Å². The molecular weight excluding hydrogens is 264 g/mol. The highest BCUT2D eigenvalue weighted by molar-refractivity contribution is 5.40. The lowest BCUT2D eigenvalue weighted by molar-refractivity contribution is 0.127. The molecule has 118 valence electrons. The maximum Gasteiger partial charge on any atom is 0.0210 e. The van der Waals surface area contributed by atoms with Crippen molar-refractivity contribution in [3.63, 3.8) is 0 Å². The van der Waals surface area contributed by atoms with Crippen molar-refractivity contribution < 1.29 is 0 Å². The van der Waals surface area contributed by atoms with Crippen LogP contribution in [0.25, 0.3) is 0 Å². The molecule has 0 amide bonds. The van der Waals surface area contributed by atoms with Crippen LogP contribution in [0.3, 0.4) is 0 Å². The molecule has 2 aromatic carbocycles. The summed E-state index contributed by atoms with van der Waals surface area (Å²) in [5, 5.41) is 0. The lowest BCUT2D eigenvalue weighted by Gasteiger charge is -2.48. The van der Waals surface area contributed by atoms with Gasteiger partial charge in [0, 0.05) is 5.41 Å². The molecule has 1 atom stereocenters. The van der Waals surface area contributed by atoms with Gasteiger partial charge in [-0.15, -0.1) is 0 Å². The molecule has 0 radical (unpaired) electrons. The van der Waals surface area contributed by atoms with Crippen molar-refractivity contribution >= 4 is 0 Å². The molecule has 0 nitrogen and oxygen atoms in total. The van der Waals surface area contributed by atoms with Gasteiger partial charge in [-0.25, -0.2) is 0 Å². The molecule has 1 aliphatic carbocycles. The highest BCUT2D eigenvalue weighted by Crippen LogP contribution is 2.53. The zero-order chi connectivity index (χ0) is 14.9. The van der Waals surface area contributed by atoms with E-state index in [4.69, 9.17) is 0 Å². The van der Waals surface area contributed by atoms with E-state index in [-0.39, 0.29) is 12.8 Å². The fraction of sp³-hybridized carbons (Fsp3) is 0.455. The minimum atomic E-state index is 0. The summed E-state index contributed by atoms with van der Waals surface area (Å²) >= 11 is 0. The highest BCUT2D eigenvalue weighted by atomic mass is 14.5. The zero-order valence-corrected chi connectivity index (χ0v) is 13.5. The van der Waals surface area contributed by atoms with Crippen LogP contribution in [-0.4, -0.2) is 0 Å². The monoisotopic (exact) mass is 294 g/mol. The first-order chi connectivity index (χ1) is 10.0. The molecule has 1 fully saturated rings. The summed E-state index contributed by atoms with van der Waals surface area (Å²) in [6, 6.07) is 22.3. The van der Waals surface area contributed by atoms with Crippen LogP contribution in [0, 0.1) is 11.3 Å². The van der Waals surface area contributed by atoms with Crippen LogP contribution in [0.1, 0.15) is 58.6 Å². The smallest absolute Gasteiger partial charge is 0.0210 e. The van der Waals surface area contributed by atoms with Gasteiger partial charge < -0.3 is 0 Å². The Morgan fingerprint density at radius 2 is 1.23 bits per heavy atom. The van der Waals surface area contributed by atoms with E-state index in [9.17, 15) is 0 Å². The summed E-state index contributed by atoms with van der Waals surface area (Å²) in [5.41, 5.74) is 3.53. The molecule has 0 saturated heterocycles. The lowest BCUT2D eigenvalue weighted by Crippen LogP contribution is -2.41. The molecule has 3 rings (SSSR count). The van der Waals surface area contributed by atoms with Crippen LogP contribution in [0.15, 0.2) is 60.7 Å². The molecule has 1 aliphatic rings. The van der Waals surface area contributed by atoms with E-state index in [0.717, 1.165) is 5.92 Å². The third-order valence-electron chi connectivity index (χ3n) is 5.03. The third-order valence-corrected chi connectivity index (χ3v) is 5.03. The van der Waals surface area contributed by atoms with Crippen LogP contribution in [0.5, 0.6) is 0 Å². The van der Waals surface area contributed by atoms with Gasteiger partial charge in [0.25, 0.3) is 0 Å². The van der Waals surface area contributed by atoms with E-state index in [1.807, 2.05) is 0 Å². The molecule has 1 unspecified atom stereocenters. The molecule has 0 aliphatic heterocycles. The topological polar surface area (TPSA) is 0 Å². The van der Waals surface area contributed by atoms with Crippen LogP contribution < -0.4 is 0 Å². The van der Waals surface area contributed by atoms with Crippen molar-refractivity contribution in [3.8, 4) is 0 Å². The second-order valence-corrected chi connectivity index (χ2v) is 7.67. The normalized spacial score (nSPS) is 22.6. The van der Waals surface area contributed by atoms with Gasteiger partial charge >= 0.3 is 0 Å². The van der Waals surface area contributed by atoms with E-state index < -0.39 is 0 Å². The molecular formula is C22H30. The molecule has 0 bridgehead atoms. The Morgan fingerprint density at radius 3 is 1.64 bits per heavy atom. The molecule has 0 heterocycles. The van der Waals surface area contributed by atoms with Gasteiger partial charge in [0.1, 0.15) is 0 Å². The van der Waals surface area contributed by atoms with Crippen molar-refractivity contribution in [1.82, 2.24) is 0 Å². The van der Waals surface area contributed by atoms with E-state index in [0.29, 0.717) is 5.41 Å². The van der Waals surface area contributed by atoms with Crippen LogP contribution in [-0.2, 0) is 5.41 Å². The van der Waals surface area contributed by atoms with E-state index in [1.54, 1.807) is 0 Å². The summed E-state index contributed by atoms with van der Waals surface area (Å²) in [6.45, 7) is 7.29. The van der Waals surface area contributed by atoms with Gasteiger partial charge in [-0.05, 0) is 41.7 Å². The van der Waals surface area contributed by atoms with Crippen LogP contribution in [0.2, 0.25) is 0 Å². The number of benzene rings is 2. The Bertz CT molecular complexity index is 540. The third kappa shape index (κ3) is 3.11. The van der Waals surface area contributed by atoms with Gasteiger partial charge in [-0.3, -0.25) is 0 Å². The Labute approximate surface area is 136 Å². The van der Waals surface area contributed by atoms with Crippen molar-refractivity contribution in [1.29, 1.82) is 0 Å². The first-order valence-electron chi connectivity index (χ1n) is 8.13. The van der Waals surface area contributed by atoms with E-state index in [2.05, 4.69) is 81.4 Å². The second kappa shape index (κ2) is 6.28. The number of hydrogen-bond acceptors (Lipinski definition) is 0. The van der Waals surface area contributed by atoms with Crippen molar-refractivity contribution in [2.75, 3.05) is 0 Å². The quantitative estimate of drug-likeness (QED) is 0.596. The van der Waals surface area contributed by atoms with Crippen molar-refractivity contribution in [3.05, 3.63) is 71.8 Å². The predicted molar refractivity (Wildman–Crippen MR) is 97.2 cm³/mol. The maximum atomic E-state index is 2.43. The molecule has 0 N–H and O–H groups in total. The van der Waals surface area contributed by atoms with Crippen molar-refractivity contribution in [2.24, 2.45) is 11.3 Å². The zero-order valence-electron chi connectivity index (χ0n) is 13.5. The molecule has 1 saturated carbocycles. The molecule has 0 spiro atoms. The Kier molecular flexibility index (Phi) is 4.80. The van der Waals surface area contributed by atoms with Crippen LogP contribution in [0.4, 0.5) is 0 Å². The van der Waals surface area contributed by atoms with E-state index >= 15 is 0 Å². The first kappa shape index (κ1) is 16.8. The summed E-state index contributed by atoms with van der Waals surface area (Å²) in [6.07, 6.45) is 3.82. The average Bonchev–Trinajstić information content (AvgIpc) is 2.47. The van der Waals surface area contributed by atoms with Gasteiger partial charge in [0.15, 0.2) is 0 Å². The second-order valence-electron chi connectivity index (χ2n) is 7.67. The summed E-state index contributed by atoms with van der Waals surface area (Å²) in [7, 11) is 0. The summed E-state index contributed by atoms with van der Waals surface area (Å²) in [5.74, 6) is 0.758. The Balaban J connectivity index is 0.00000176. The Morgan fingerprint density at radius 1 is 0.773 bits per heavy atom. The minimum absolute atomic E-state index is 0. The number of rotatable bonds is 2. The SMILES string of the molecule is C.CC1CC(C)(C)CC(c2ccccc2)(c2ccccc2)C1. The fourth-order valence-corrected chi connectivity index (χ4v) is 4.69. The lowest BCUT2D eigenvalue weighted by atomic mass is 9.55. The highest BCUT2D eigenvalue weighted by Gasteiger charge is 2.44. The Hall–Kier alpha value is -1.56.